The number of guanidine groups is 1. The first kappa shape index (κ1) is 22.7. The lowest BCUT2D eigenvalue weighted by Crippen LogP contribution is -2.38. The van der Waals surface area contributed by atoms with Crippen molar-refractivity contribution in [3.8, 4) is 11.5 Å². The van der Waals surface area contributed by atoms with Gasteiger partial charge in [0.15, 0.2) is 17.5 Å². The zero-order valence-electron chi connectivity index (χ0n) is 17.1. The van der Waals surface area contributed by atoms with Crippen molar-refractivity contribution in [3.05, 3.63) is 39.3 Å². The van der Waals surface area contributed by atoms with Gasteiger partial charge in [-0.1, -0.05) is 12.1 Å². The first-order valence-corrected chi connectivity index (χ1v) is 10.0. The van der Waals surface area contributed by atoms with Crippen molar-refractivity contribution in [3.63, 3.8) is 0 Å². The zero-order chi connectivity index (χ0) is 19.4. The molecule has 0 unspecified atom stereocenters. The number of thiazole rings is 1. The summed E-state index contributed by atoms with van der Waals surface area (Å²) in [5, 5.41) is 7.61. The molecule has 6 nitrogen and oxygen atoms in total. The standard InChI is InChI=1S/C20H28N4O2S.HI/c1-13-14(2)27-17(24-13)12-23-19(21-5)22-9-10-25-16-8-6-7-15-11-20(3,4)26-18(15)16;/h6-8H,9-12H2,1-5H3,(H2,21,22,23);1H. The van der Waals surface area contributed by atoms with Gasteiger partial charge in [-0.3, -0.25) is 4.99 Å². The number of aryl methyl sites for hydroxylation is 2. The molecule has 0 bridgehead atoms. The predicted molar refractivity (Wildman–Crippen MR) is 126 cm³/mol. The van der Waals surface area contributed by atoms with Crippen molar-refractivity contribution in [1.29, 1.82) is 0 Å². The van der Waals surface area contributed by atoms with Gasteiger partial charge in [0.2, 0.25) is 0 Å². The highest BCUT2D eigenvalue weighted by molar-refractivity contribution is 14.0. The summed E-state index contributed by atoms with van der Waals surface area (Å²) in [5.74, 6) is 2.41. The van der Waals surface area contributed by atoms with E-state index in [4.69, 9.17) is 9.47 Å². The Balaban J connectivity index is 0.00000280. The Bertz CT molecular complexity index is 816. The highest BCUT2D eigenvalue weighted by Crippen LogP contribution is 2.41. The monoisotopic (exact) mass is 516 g/mol. The van der Waals surface area contributed by atoms with Gasteiger partial charge in [-0.05, 0) is 33.8 Å². The predicted octanol–water partition coefficient (Wildman–Crippen LogP) is 3.84. The number of benzene rings is 1. The molecule has 1 aliphatic heterocycles. The van der Waals surface area contributed by atoms with Crippen LogP contribution >= 0.6 is 35.3 Å². The fourth-order valence-corrected chi connectivity index (χ4v) is 3.90. The third-order valence-electron chi connectivity index (χ3n) is 4.41. The first-order valence-electron chi connectivity index (χ1n) is 9.19. The van der Waals surface area contributed by atoms with Crippen LogP contribution in [0.4, 0.5) is 0 Å². The van der Waals surface area contributed by atoms with Gasteiger partial charge in [-0.15, -0.1) is 35.3 Å². The summed E-state index contributed by atoms with van der Waals surface area (Å²) in [7, 11) is 1.76. The molecule has 0 saturated heterocycles. The third-order valence-corrected chi connectivity index (χ3v) is 5.48. The van der Waals surface area contributed by atoms with Gasteiger partial charge in [0.05, 0.1) is 18.8 Å². The summed E-state index contributed by atoms with van der Waals surface area (Å²) in [6, 6.07) is 6.08. The molecule has 0 fully saturated rings. The Morgan fingerprint density at radius 1 is 1.32 bits per heavy atom. The van der Waals surface area contributed by atoms with Crippen molar-refractivity contribution in [2.45, 2.75) is 46.3 Å². The number of ether oxygens (including phenoxy) is 2. The topological polar surface area (TPSA) is 67.8 Å². The van der Waals surface area contributed by atoms with E-state index in [0.29, 0.717) is 19.7 Å². The molecule has 2 aromatic rings. The van der Waals surface area contributed by atoms with Crippen molar-refractivity contribution in [2.75, 3.05) is 20.2 Å². The van der Waals surface area contributed by atoms with Gasteiger partial charge in [-0.25, -0.2) is 4.98 Å². The van der Waals surface area contributed by atoms with Crippen molar-refractivity contribution < 1.29 is 9.47 Å². The quantitative estimate of drug-likeness (QED) is 0.265. The van der Waals surface area contributed by atoms with Crippen LogP contribution in [0.25, 0.3) is 0 Å². The molecule has 0 saturated carbocycles. The first-order chi connectivity index (χ1) is 12.9. The van der Waals surface area contributed by atoms with E-state index >= 15 is 0 Å². The number of para-hydroxylation sites is 1. The van der Waals surface area contributed by atoms with Crippen LogP contribution in [-0.2, 0) is 13.0 Å². The molecule has 0 aliphatic carbocycles. The normalized spacial score (nSPS) is 14.7. The van der Waals surface area contributed by atoms with Crippen LogP contribution < -0.4 is 20.1 Å². The molecule has 28 heavy (non-hydrogen) atoms. The van der Waals surface area contributed by atoms with Gasteiger partial charge in [-0.2, -0.15) is 0 Å². The summed E-state index contributed by atoms with van der Waals surface area (Å²) in [4.78, 5) is 10.0. The van der Waals surface area contributed by atoms with E-state index < -0.39 is 0 Å². The summed E-state index contributed by atoms with van der Waals surface area (Å²) in [6.07, 6.45) is 0.907. The molecule has 2 N–H and O–H groups in total. The van der Waals surface area contributed by atoms with Gasteiger partial charge in [0.1, 0.15) is 17.2 Å². The molecule has 0 atom stereocenters. The van der Waals surface area contributed by atoms with Gasteiger partial charge < -0.3 is 20.1 Å². The molecule has 2 heterocycles. The molecule has 0 spiro atoms. The van der Waals surface area contributed by atoms with Crippen molar-refractivity contribution >= 4 is 41.3 Å². The molecule has 0 radical (unpaired) electrons. The maximum atomic E-state index is 6.04. The second kappa shape index (κ2) is 9.78. The fourth-order valence-electron chi connectivity index (χ4n) is 3.03. The molecule has 1 aromatic carbocycles. The Labute approximate surface area is 188 Å². The molecular formula is C20H29IN4O2S. The minimum atomic E-state index is -0.168. The third kappa shape index (κ3) is 5.73. The average Bonchev–Trinajstić information content (AvgIpc) is 3.11. The Hall–Kier alpha value is -1.55. The van der Waals surface area contributed by atoms with E-state index in [9.17, 15) is 0 Å². The lowest BCUT2D eigenvalue weighted by molar-refractivity contribution is 0.132. The molecule has 154 valence electrons. The number of nitrogens with one attached hydrogen (secondary N) is 2. The number of fused-ring (bicyclic) bond motifs is 1. The number of aromatic nitrogens is 1. The maximum Gasteiger partial charge on any atom is 0.191 e. The van der Waals surface area contributed by atoms with Crippen LogP contribution in [0.2, 0.25) is 0 Å². The van der Waals surface area contributed by atoms with Crippen molar-refractivity contribution in [1.82, 2.24) is 15.6 Å². The van der Waals surface area contributed by atoms with E-state index in [1.807, 2.05) is 19.1 Å². The minimum Gasteiger partial charge on any atom is -0.488 e. The van der Waals surface area contributed by atoms with E-state index in [2.05, 4.69) is 47.4 Å². The fraction of sp³-hybridized carbons (Fsp3) is 0.500. The van der Waals surface area contributed by atoms with Crippen LogP contribution in [0.1, 0.15) is 35.0 Å². The lowest BCUT2D eigenvalue weighted by Gasteiger charge is -2.18. The molecular weight excluding hydrogens is 487 g/mol. The number of hydrogen-bond acceptors (Lipinski definition) is 5. The summed E-state index contributed by atoms with van der Waals surface area (Å²) >= 11 is 1.71. The van der Waals surface area contributed by atoms with Gasteiger partial charge in [0, 0.05) is 23.9 Å². The van der Waals surface area contributed by atoms with Crippen LogP contribution in [0.5, 0.6) is 11.5 Å². The zero-order valence-corrected chi connectivity index (χ0v) is 20.2. The number of rotatable bonds is 6. The summed E-state index contributed by atoms with van der Waals surface area (Å²) in [6.45, 7) is 10.1. The van der Waals surface area contributed by atoms with E-state index in [0.717, 1.165) is 34.6 Å². The SMILES string of the molecule is CN=C(NCCOc1cccc2c1OC(C)(C)C2)NCc1nc(C)c(C)s1.I. The highest BCUT2D eigenvalue weighted by Gasteiger charge is 2.32. The van der Waals surface area contributed by atoms with Gasteiger partial charge in [0.25, 0.3) is 0 Å². The molecule has 1 aliphatic rings. The molecule has 3 rings (SSSR count). The number of halogens is 1. The van der Waals surface area contributed by atoms with Crippen LogP contribution in [-0.4, -0.2) is 36.7 Å². The Morgan fingerprint density at radius 2 is 2.11 bits per heavy atom. The van der Waals surface area contributed by atoms with E-state index in [1.165, 1.54) is 10.4 Å². The summed E-state index contributed by atoms with van der Waals surface area (Å²) in [5.41, 5.74) is 2.13. The number of nitrogens with zero attached hydrogens (tertiary/aromatic N) is 2. The van der Waals surface area contributed by atoms with Gasteiger partial charge >= 0.3 is 0 Å². The Kier molecular flexibility index (Phi) is 7.94. The van der Waals surface area contributed by atoms with E-state index in [-0.39, 0.29) is 29.6 Å². The van der Waals surface area contributed by atoms with Crippen LogP contribution in [0.15, 0.2) is 23.2 Å². The highest BCUT2D eigenvalue weighted by atomic mass is 127. The minimum absolute atomic E-state index is 0. The maximum absolute atomic E-state index is 6.04. The van der Waals surface area contributed by atoms with E-state index in [1.54, 1.807) is 18.4 Å². The lowest BCUT2D eigenvalue weighted by atomic mass is 10.0. The van der Waals surface area contributed by atoms with Crippen molar-refractivity contribution in [2.24, 2.45) is 4.99 Å². The number of hydrogen-bond donors (Lipinski definition) is 2. The second-order valence-corrected chi connectivity index (χ2v) is 8.52. The Morgan fingerprint density at radius 3 is 2.79 bits per heavy atom. The smallest absolute Gasteiger partial charge is 0.191 e. The van der Waals surface area contributed by atoms with Crippen LogP contribution in [0, 0.1) is 13.8 Å². The molecule has 1 aromatic heterocycles. The number of aliphatic imine (C=N–C) groups is 1. The second-order valence-electron chi connectivity index (χ2n) is 7.23. The molecule has 0 amide bonds. The summed E-state index contributed by atoms with van der Waals surface area (Å²) < 4.78 is 12.0. The molecule has 8 heteroatoms. The average molecular weight is 516 g/mol. The largest absolute Gasteiger partial charge is 0.488 e. The van der Waals surface area contributed by atoms with Crippen LogP contribution in [0.3, 0.4) is 0 Å².